The van der Waals surface area contributed by atoms with Crippen molar-refractivity contribution in [2.75, 3.05) is 0 Å². The normalized spacial score (nSPS) is 11.8. The fourth-order valence-electron chi connectivity index (χ4n) is 9.14. The Labute approximate surface area is 363 Å². The second-order valence-electron chi connectivity index (χ2n) is 15.3. The van der Waals surface area contributed by atoms with E-state index in [1.165, 1.54) is 0 Å². The summed E-state index contributed by atoms with van der Waals surface area (Å²) in [5.41, 5.74) is 17.1. The van der Waals surface area contributed by atoms with E-state index in [-0.39, 0.29) is 0 Å². The Morgan fingerprint density at radius 1 is 0.234 bits per heavy atom. The zero-order valence-electron chi connectivity index (χ0n) is 33.6. The fourth-order valence-corrected chi connectivity index (χ4v) is 9.14. The number of rotatable bonds is 4. The van der Waals surface area contributed by atoms with E-state index in [0.29, 0.717) is 89.7 Å². The molecular formula is C52H30N12. The SMILES string of the molecule is c1ccc(-c2c3nc(c(-c4ccccc4)c4[nH]c(c(-c5ccccc5)c5nc(c(-c6ccccc6)c6[nH]c2c2nccnc62)-c2nccnc2-5)c2nccnc42)-c2nccnc2-3)cc1. The topological polar surface area (TPSA) is 160 Å². The highest BCUT2D eigenvalue weighted by molar-refractivity contribution is 6.18. The van der Waals surface area contributed by atoms with Gasteiger partial charge in [-0.05, 0) is 22.3 Å². The van der Waals surface area contributed by atoms with E-state index >= 15 is 0 Å². The molecule has 298 valence electrons. The van der Waals surface area contributed by atoms with Crippen LogP contribution in [0.1, 0.15) is 0 Å². The highest BCUT2D eigenvalue weighted by atomic mass is 15.0. The number of aromatic nitrogens is 12. The van der Waals surface area contributed by atoms with Gasteiger partial charge in [-0.15, -0.1) is 0 Å². The molecule has 10 aromatic rings. The van der Waals surface area contributed by atoms with Crippen LogP contribution in [-0.2, 0) is 0 Å². The molecule has 8 bridgehead atoms. The van der Waals surface area contributed by atoms with Gasteiger partial charge in [0.05, 0.1) is 22.1 Å². The molecule has 64 heavy (non-hydrogen) atoms. The molecule has 4 aromatic carbocycles. The van der Waals surface area contributed by atoms with Crippen LogP contribution in [0.25, 0.3) is 134 Å². The van der Waals surface area contributed by atoms with Gasteiger partial charge in [-0.1, -0.05) is 121 Å². The van der Waals surface area contributed by atoms with E-state index in [1.807, 2.05) is 72.8 Å². The first-order chi connectivity index (χ1) is 31.8. The number of aromatic amines is 2. The smallest absolute Gasteiger partial charge is 0.117 e. The van der Waals surface area contributed by atoms with E-state index < -0.39 is 0 Å². The lowest BCUT2D eigenvalue weighted by Crippen LogP contribution is -1.91. The van der Waals surface area contributed by atoms with E-state index in [4.69, 9.17) is 49.8 Å². The molecule has 0 saturated carbocycles. The third-order valence-corrected chi connectivity index (χ3v) is 11.8. The van der Waals surface area contributed by atoms with Crippen LogP contribution < -0.4 is 0 Å². The van der Waals surface area contributed by atoms with Gasteiger partial charge in [0.1, 0.15) is 67.6 Å². The van der Waals surface area contributed by atoms with Crippen LogP contribution in [0.3, 0.4) is 0 Å². The van der Waals surface area contributed by atoms with Crippen molar-refractivity contribution in [3.63, 3.8) is 0 Å². The summed E-state index contributed by atoms with van der Waals surface area (Å²) in [6, 6.07) is 40.8. The Morgan fingerprint density at radius 2 is 0.453 bits per heavy atom. The molecule has 0 saturated heterocycles. The highest BCUT2D eigenvalue weighted by Crippen LogP contribution is 2.49. The molecule has 3 aliphatic rings. The van der Waals surface area contributed by atoms with Crippen molar-refractivity contribution < 1.29 is 0 Å². The molecule has 0 spiro atoms. The minimum absolute atomic E-state index is 0.621. The maximum atomic E-state index is 5.64. The molecule has 6 aromatic heterocycles. The minimum atomic E-state index is 0.621. The van der Waals surface area contributed by atoms with Crippen LogP contribution in [0.2, 0.25) is 0 Å². The zero-order valence-corrected chi connectivity index (χ0v) is 33.6. The predicted molar refractivity (Wildman–Crippen MR) is 249 cm³/mol. The first-order valence-corrected chi connectivity index (χ1v) is 20.7. The Morgan fingerprint density at radius 3 is 0.688 bits per heavy atom. The molecule has 0 unspecified atom stereocenters. The summed E-state index contributed by atoms with van der Waals surface area (Å²) < 4.78 is 0. The summed E-state index contributed by atoms with van der Waals surface area (Å²) in [5, 5.41) is 0. The molecule has 0 fully saturated rings. The molecule has 2 aliphatic heterocycles. The Balaban J connectivity index is 1.39. The lowest BCUT2D eigenvalue weighted by molar-refractivity contribution is 1.23. The summed E-state index contributed by atoms with van der Waals surface area (Å²) >= 11 is 0. The maximum Gasteiger partial charge on any atom is 0.117 e. The summed E-state index contributed by atoms with van der Waals surface area (Å²) in [6.45, 7) is 0. The molecule has 1 aliphatic carbocycles. The fraction of sp³-hybridized carbons (Fsp3) is 0. The number of H-pyrrole nitrogens is 2. The van der Waals surface area contributed by atoms with E-state index in [0.717, 1.165) is 44.5 Å². The summed E-state index contributed by atoms with van der Waals surface area (Å²) in [4.78, 5) is 59.4. The van der Waals surface area contributed by atoms with Crippen molar-refractivity contribution in [1.82, 2.24) is 59.8 Å². The zero-order chi connectivity index (χ0) is 42.1. The van der Waals surface area contributed by atoms with Crippen LogP contribution in [-0.4, -0.2) is 59.8 Å². The second-order valence-corrected chi connectivity index (χ2v) is 15.3. The lowest BCUT2D eigenvalue weighted by atomic mass is 10.00. The van der Waals surface area contributed by atoms with Gasteiger partial charge in [-0.2, -0.15) is 0 Å². The first-order valence-electron chi connectivity index (χ1n) is 20.7. The van der Waals surface area contributed by atoms with E-state index in [9.17, 15) is 0 Å². The van der Waals surface area contributed by atoms with Gasteiger partial charge in [0, 0.05) is 71.8 Å². The van der Waals surface area contributed by atoms with Gasteiger partial charge in [-0.3, -0.25) is 39.9 Å². The second kappa shape index (κ2) is 14.2. The molecule has 0 amide bonds. The molecule has 0 atom stereocenters. The van der Waals surface area contributed by atoms with Gasteiger partial charge in [0.25, 0.3) is 0 Å². The third kappa shape index (κ3) is 5.36. The van der Waals surface area contributed by atoms with Crippen molar-refractivity contribution in [2.24, 2.45) is 0 Å². The van der Waals surface area contributed by atoms with Gasteiger partial charge >= 0.3 is 0 Å². The number of benzene rings is 4. The van der Waals surface area contributed by atoms with Crippen LogP contribution in [0, 0.1) is 0 Å². The molecule has 12 heteroatoms. The van der Waals surface area contributed by atoms with Crippen LogP contribution in [0.4, 0.5) is 0 Å². The number of nitrogens with one attached hydrogen (secondary N) is 2. The van der Waals surface area contributed by atoms with E-state index in [2.05, 4.69) is 58.5 Å². The number of hydrogen-bond acceptors (Lipinski definition) is 10. The van der Waals surface area contributed by atoms with Gasteiger partial charge in [-0.25, -0.2) is 9.97 Å². The van der Waals surface area contributed by atoms with Crippen molar-refractivity contribution >= 4 is 44.1 Å². The maximum absolute atomic E-state index is 5.64. The highest BCUT2D eigenvalue weighted by Gasteiger charge is 2.32. The minimum Gasteiger partial charge on any atom is -0.351 e. The molecule has 13 rings (SSSR count). The van der Waals surface area contributed by atoms with Gasteiger partial charge in [0.15, 0.2) is 0 Å². The summed E-state index contributed by atoms with van der Waals surface area (Å²) in [5.74, 6) is 0. The first kappa shape index (κ1) is 35.6. The largest absolute Gasteiger partial charge is 0.351 e. The van der Waals surface area contributed by atoms with E-state index in [1.54, 1.807) is 49.6 Å². The van der Waals surface area contributed by atoms with Crippen molar-refractivity contribution in [3.05, 3.63) is 171 Å². The standard InChI is InChI=1S/C52H30N12/c1-5-13-29(14-6-1)33-37-45-47(55-23-21-53-45)39(61-37)34(30-15-7-2-8-16-30)41-49-51(59-27-25-57-49)43(63-41)36(32-19-11-4-12-20-32)44-52-50(58-26-28-60-52)42(64-44)35(31-17-9-3-10-18-31)40-48-46(38(33)62-40)54-22-24-56-48/h1-28,61,64H. The molecule has 12 nitrogen and oxygen atoms in total. The monoisotopic (exact) mass is 822 g/mol. The number of hydrogen-bond donors (Lipinski definition) is 2. The Kier molecular flexibility index (Phi) is 7.90. The average molecular weight is 823 g/mol. The van der Waals surface area contributed by atoms with Crippen LogP contribution in [0.5, 0.6) is 0 Å². The Hall–Kier alpha value is -9.16. The van der Waals surface area contributed by atoms with Crippen molar-refractivity contribution in [1.29, 1.82) is 0 Å². The summed E-state index contributed by atoms with van der Waals surface area (Å²) in [7, 11) is 0. The summed E-state index contributed by atoms with van der Waals surface area (Å²) in [6.07, 6.45) is 13.7. The molecule has 8 heterocycles. The van der Waals surface area contributed by atoms with Crippen molar-refractivity contribution in [2.45, 2.75) is 0 Å². The lowest BCUT2D eigenvalue weighted by Gasteiger charge is -2.07. The molecular weight excluding hydrogens is 793 g/mol. The van der Waals surface area contributed by atoms with Crippen LogP contribution >= 0.6 is 0 Å². The van der Waals surface area contributed by atoms with Crippen molar-refractivity contribution in [3.8, 4) is 90.1 Å². The van der Waals surface area contributed by atoms with Gasteiger partial charge < -0.3 is 9.97 Å². The molecule has 0 radical (unpaired) electrons. The average Bonchev–Trinajstić information content (AvgIpc) is 4.14. The predicted octanol–water partition coefficient (Wildman–Crippen LogP) is 11.1. The third-order valence-electron chi connectivity index (χ3n) is 11.8. The van der Waals surface area contributed by atoms with Gasteiger partial charge in [0.2, 0.25) is 0 Å². The quantitative estimate of drug-likeness (QED) is 0.175. The Bertz CT molecular complexity index is 3340. The molecule has 2 N–H and O–H groups in total. The van der Waals surface area contributed by atoms with Crippen LogP contribution in [0.15, 0.2) is 171 Å². The number of nitrogens with zero attached hydrogens (tertiary/aromatic N) is 10.